The third-order valence-electron chi connectivity index (χ3n) is 3.58. The molecule has 0 spiro atoms. The molecule has 2 aromatic heterocycles. The van der Waals surface area contributed by atoms with Crippen molar-refractivity contribution >= 4 is 16.6 Å². The number of aryl methyl sites for hydroxylation is 2. The maximum Gasteiger partial charge on any atom is 0.270 e. The summed E-state index contributed by atoms with van der Waals surface area (Å²) >= 11 is 0. The fourth-order valence-electron chi connectivity index (χ4n) is 2.61. The topological polar surface area (TPSA) is 65.9 Å². The van der Waals surface area contributed by atoms with Crippen LogP contribution in [0.25, 0.3) is 10.9 Å². The molecule has 3 aromatic rings. The average Bonchev–Trinajstić information content (AvgIpc) is 3.02. The Hall–Kier alpha value is -2.63. The van der Waals surface area contributed by atoms with Gasteiger partial charge < -0.3 is 4.57 Å². The molecule has 0 aliphatic carbocycles. The van der Waals surface area contributed by atoms with E-state index in [1.807, 2.05) is 23.9 Å². The van der Waals surface area contributed by atoms with E-state index in [0.717, 1.165) is 28.8 Å². The molecule has 0 radical (unpaired) electrons. The standard InChI is InChI=1S/C15H16N4O2/c1-3-18-14(8-11(2)16-18)10-17-7-6-12-9-13(19(20)21)4-5-15(12)17/h4-9H,3,10H2,1-2H3. The SMILES string of the molecule is CCn1nc(C)cc1Cn1ccc2cc([N+](=O)[O-])ccc21. The summed E-state index contributed by atoms with van der Waals surface area (Å²) in [5, 5.41) is 16.1. The minimum atomic E-state index is -0.369. The van der Waals surface area contributed by atoms with E-state index in [1.165, 1.54) is 0 Å². The second-order valence-corrected chi connectivity index (χ2v) is 5.04. The number of nitro groups is 1. The summed E-state index contributed by atoms with van der Waals surface area (Å²) in [5.74, 6) is 0. The van der Waals surface area contributed by atoms with Crippen molar-refractivity contribution in [2.75, 3.05) is 0 Å². The van der Waals surface area contributed by atoms with Crippen LogP contribution < -0.4 is 0 Å². The van der Waals surface area contributed by atoms with Crippen molar-refractivity contribution in [3.05, 3.63) is 58.0 Å². The lowest BCUT2D eigenvalue weighted by atomic mass is 10.2. The molecule has 6 nitrogen and oxygen atoms in total. The molecule has 0 aliphatic heterocycles. The van der Waals surface area contributed by atoms with Gasteiger partial charge in [-0.2, -0.15) is 5.10 Å². The van der Waals surface area contributed by atoms with Crippen molar-refractivity contribution in [1.82, 2.24) is 14.3 Å². The maximum absolute atomic E-state index is 10.8. The van der Waals surface area contributed by atoms with Crippen LogP contribution >= 0.6 is 0 Å². The summed E-state index contributed by atoms with van der Waals surface area (Å²) in [7, 11) is 0. The number of benzene rings is 1. The van der Waals surface area contributed by atoms with E-state index in [1.54, 1.807) is 18.2 Å². The van der Waals surface area contributed by atoms with Gasteiger partial charge in [-0.25, -0.2) is 0 Å². The first kappa shape index (κ1) is 13.4. The van der Waals surface area contributed by atoms with E-state index in [4.69, 9.17) is 0 Å². The third kappa shape index (κ3) is 2.40. The van der Waals surface area contributed by atoms with Gasteiger partial charge in [0.1, 0.15) is 0 Å². The normalized spacial score (nSPS) is 11.1. The Balaban J connectivity index is 1.99. The van der Waals surface area contributed by atoms with Crippen LogP contribution in [0.15, 0.2) is 36.5 Å². The molecule has 2 heterocycles. The number of rotatable bonds is 4. The number of hydrogen-bond acceptors (Lipinski definition) is 3. The molecule has 21 heavy (non-hydrogen) atoms. The first-order valence-corrected chi connectivity index (χ1v) is 6.85. The van der Waals surface area contributed by atoms with Crippen LogP contribution in [0.5, 0.6) is 0 Å². The number of fused-ring (bicyclic) bond motifs is 1. The van der Waals surface area contributed by atoms with Gasteiger partial charge in [-0.05, 0) is 32.0 Å². The average molecular weight is 284 g/mol. The third-order valence-corrected chi connectivity index (χ3v) is 3.58. The Morgan fingerprint density at radius 1 is 1.29 bits per heavy atom. The highest BCUT2D eigenvalue weighted by atomic mass is 16.6. The molecule has 0 atom stereocenters. The molecule has 0 bridgehead atoms. The molecule has 1 aromatic carbocycles. The van der Waals surface area contributed by atoms with Crippen molar-refractivity contribution in [2.45, 2.75) is 26.9 Å². The lowest BCUT2D eigenvalue weighted by Gasteiger charge is -2.07. The molecule has 0 N–H and O–H groups in total. The molecule has 108 valence electrons. The van der Waals surface area contributed by atoms with Crippen LogP contribution in [0.2, 0.25) is 0 Å². The minimum Gasteiger partial charge on any atom is -0.341 e. The Kier molecular flexibility index (Phi) is 3.21. The molecule has 0 saturated heterocycles. The zero-order valence-corrected chi connectivity index (χ0v) is 12.0. The van der Waals surface area contributed by atoms with Crippen LogP contribution in [-0.4, -0.2) is 19.3 Å². The molecule has 0 amide bonds. The monoisotopic (exact) mass is 284 g/mol. The summed E-state index contributed by atoms with van der Waals surface area (Å²) in [4.78, 5) is 10.4. The largest absolute Gasteiger partial charge is 0.341 e. The lowest BCUT2D eigenvalue weighted by molar-refractivity contribution is -0.384. The summed E-state index contributed by atoms with van der Waals surface area (Å²) in [6.07, 6.45) is 1.96. The molecule has 0 unspecified atom stereocenters. The van der Waals surface area contributed by atoms with Crippen molar-refractivity contribution in [1.29, 1.82) is 0 Å². The molecule has 0 fully saturated rings. The summed E-state index contributed by atoms with van der Waals surface area (Å²) in [6, 6.07) is 8.92. The number of nitrogens with zero attached hydrogens (tertiary/aromatic N) is 4. The first-order chi connectivity index (χ1) is 10.1. The summed E-state index contributed by atoms with van der Waals surface area (Å²) < 4.78 is 4.06. The van der Waals surface area contributed by atoms with E-state index < -0.39 is 0 Å². The van der Waals surface area contributed by atoms with Crippen molar-refractivity contribution in [3.8, 4) is 0 Å². The van der Waals surface area contributed by atoms with Crippen molar-refractivity contribution in [2.24, 2.45) is 0 Å². The number of non-ortho nitro benzene ring substituents is 1. The Labute approximate surface area is 121 Å². The minimum absolute atomic E-state index is 0.120. The highest BCUT2D eigenvalue weighted by Crippen LogP contribution is 2.22. The Morgan fingerprint density at radius 3 is 2.81 bits per heavy atom. The number of hydrogen-bond donors (Lipinski definition) is 0. The highest BCUT2D eigenvalue weighted by molar-refractivity contribution is 5.82. The quantitative estimate of drug-likeness (QED) is 0.546. The molecule has 6 heteroatoms. The predicted octanol–water partition coefficient (Wildman–Crippen LogP) is 3.12. The van der Waals surface area contributed by atoms with Crippen LogP contribution in [0.1, 0.15) is 18.3 Å². The lowest BCUT2D eigenvalue weighted by Crippen LogP contribution is -2.07. The van der Waals surface area contributed by atoms with Crippen LogP contribution in [0.3, 0.4) is 0 Å². The van der Waals surface area contributed by atoms with E-state index in [-0.39, 0.29) is 10.6 Å². The van der Waals surface area contributed by atoms with Gasteiger partial charge in [-0.1, -0.05) is 0 Å². The van der Waals surface area contributed by atoms with E-state index >= 15 is 0 Å². The Morgan fingerprint density at radius 2 is 2.10 bits per heavy atom. The molecular weight excluding hydrogens is 268 g/mol. The van der Waals surface area contributed by atoms with Gasteiger partial charge in [-0.3, -0.25) is 14.8 Å². The van der Waals surface area contributed by atoms with Crippen LogP contribution in [-0.2, 0) is 13.1 Å². The van der Waals surface area contributed by atoms with Crippen LogP contribution in [0.4, 0.5) is 5.69 Å². The van der Waals surface area contributed by atoms with Gasteiger partial charge >= 0.3 is 0 Å². The van der Waals surface area contributed by atoms with Gasteiger partial charge in [0, 0.05) is 35.8 Å². The highest BCUT2D eigenvalue weighted by Gasteiger charge is 2.10. The van der Waals surface area contributed by atoms with E-state index in [0.29, 0.717) is 6.54 Å². The fourth-order valence-corrected chi connectivity index (χ4v) is 2.61. The summed E-state index contributed by atoms with van der Waals surface area (Å²) in [5.41, 5.74) is 3.24. The van der Waals surface area contributed by atoms with Gasteiger partial charge in [0.25, 0.3) is 5.69 Å². The fraction of sp³-hybridized carbons (Fsp3) is 0.267. The van der Waals surface area contributed by atoms with Gasteiger partial charge in [0.15, 0.2) is 0 Å². The summed E-state index contributed by atoms with van der Waals surface area (Å²) in [6.45, 7) is 5.57. The number of nitro benzene ring substituents is 1. The van der Waals surface area contributed by atoms with Crippen molar-refractivity contribution < 1.29 is 4.92 Å². The van der Waals surface area contributed by atoms with Crippen LogP contribution in [0, 0.1) is 17.0 Å². The van der Waals surface area contributed by atoms with Gasteiger partial charge in [-0.15, -0.1) is 0 Å². The van der Waals surface area contributed by atoms with Gasteiger partial charge in [0.2, 0.25) is 0 Å². The van der Waals surface area contributed by atoms with E-state index in [2.05, 4.69) is 22.7 Å². The predicted molar refractivity (Wildman–Crippen MR) is 80.3 cm³/mol. The molecule has 0 aliphatic rings. The molecule has 0 saturated carbocycles. The van der Waals surface area contributed by atoms with E-state index in [9.17, 15) is 10.1 Å². The molecular formula is C15H16N4O2. The van der Waals surface area contributed by atoms with Gasteiger partial charge in [0.05, 0.1) is 22.9 Å². The second kappa shape index (κ2) is 5.05. The van der Waals surface area contributed by atoms with Crippen molar-refractivity contribution in [3.63, 3.8) is 0 Å². The molecule has 3 rings (SSSR count). The maximum atomic E-state index is 10.8. The zero-order valence-electron chi connectivity index (χ0n) is 12.0. The smallest absolute Gasteiger partial charge is 0.270 e. The first-order valence-electron chi connectivity index (χ1n) is 6.85. The Bertz CT molecular complexity index is 816. The number of aromatic nitrogens is 3. The zero-order chi connectivity index (χ0) is 15.0. The second-order valence-electron chi connectivity index (χ2n) is 5.04.